The second-order valence-electron chi connectivity index (χ2n) is 5.15. The van der Waals surface area contributed by atoms with E-state index in [1.807, 2.05) is 10.8 Å². The highest BCUT2D eigenvalue weighted by Crippen LogP contribution is 2.16. The summed E-state index contributed by atoms with van der Waals surface area (Å²) in [4.78, 5) is 17.7. The smallest absolute Gasteiger partial charge is 0.222 e. The van der Waals surface area contributed by atoms with Gasteiger partial charge in [0.2, 0.25) is 5.91 Å². The molecular formula is C14H22N3O3S. The lowest BCUT2D eigenvalue weighted by Gasteiger charge is -2.31. The van der Waals surface area contributed by atoms with Crippen LogP contribution in [0.4, 0.5) is 0 Å². The van der Waals surface area contributed by atoms with E-state index in [0.717, 1.165) is 32.2 Å². The van der Waals surface area contributed by atoms with E-state index < -0.39 is 0 Å². The van der Waals surface area contributed by atoms with Crippen molar-refractivity contribution in [1.82, 2.24) is 14.5 Å². The van der Waals surface area contributed by atoms with Crippen LogP contribution in [0.15, 0.2) is 12.5 Å². The van der Waals surface area contributed by atoms with E-state index in [1.165, 1.54) is 0 Å². The Labute approximate surface area is 129 Å². The molecule has 1 radical (unpaired) electrons. The normalized spacial score (nSPS) is 18.9. The van der Waals surface area contributed by atoms with E-state index in [0.29, 0.717) is 38.2 Å². The average molecular weight is 312 g/mol. The predicted molar refractivity (Wildman–Crippen MR) is 80.7 cm³/mol. The Morgan fingerprint density at radius 2 is 2.29 bits per heavy atom. The minimum absolute atomic E-state index is 0.168. The highest BCUT2D eigenvalue weighted by molar-refractivity contribution is 7.94. The van der Waals surface area contributed by atoms with Crippen molar-refractivity contribution in [2.24, 2.45) is 0 Å². The summed E-state index contributed by atoms with van der Waals surface area (Å²) in [5, 5.41) is 0. The van der Waals surface area contributed by atoms with E-state index in [2.05, 4.69) is 11.2 Å². The summed E-state index contributed by atoms with van der Waals surface area (Å²) in [5.41, 5.74) is -0.297. The van der Waals surface area contributed by atoms with Gasteiger partial charge in [-0.25, -0.2) is 4.98 Å². The Morgan fingerprint density at radius 1 is 1.43 bits per heavy atom. The Bertz CT molecular complexity index is 414. The van der Waals surface area contributed by atoms with Crippen LogP contribution in [0.3, 0.4) is 0 Å². The fraction of sp³-hybridized carbons (Fsp3) is 0.714. The molecule has 6 nitrogen and oxygen atoms in total. The van der Waals surface area contributed by atoms with Crippen LogP contribution >= 0.6 is 12.0 Å². The number of hydrogen-bond donors (Lipinski definition) is 1. The third-order valence-corrected chi connectivity index (χ3v) is 4.09. The number of morpholine rings is 1. The monoisotopic (exact) mass is 312 g/mol. The van der Waals surface area contributed by atoms with Gasteiger partial charge in [-0.05, 0) is 12.8 Å². The Balaban J connectivity index is 1.52. The highest BCUT2D eigenvalue weighted by atomic mass is 32.2. The van der Waals surface area contributed by atoms with Crippen molar-refractivity contribution in [3.63, 3.8) is 0 Å². The fourth-order valence-electron chi connectivity index (χ4n) is 2.36. The molecule has 21 heavy (non-hydrogen) atoms. The third kappa shape index (κ3) is 5.68. The first-order valence-electron chi connectivity index (χ1n) is 7.37. The van der Waals surface area contributed by atoms with Gasteiger partial charge in [-0.2, -0.15) is 0 Å². The van der Waals surface area contributed by atoms with Crippen LogP contribution in [-0.2, 0) is 16.1 Å². The van der Waals surface area contributed by atoms with E-state index in [-0.39, 0.29) is 11.3 Å². The minimum atomic E-state index is -0.297. The molecule has 0 bridgehead atoms. The molecule has 1 atom stereocenters. The third-order valence-electron chi connectivity index (χ3n) is 3.57. The van der Waals surface area contributed by atoms with E-state index >= 15 is 0 Å². The van der Waals surface area contributed by atoms with Crippen LogP contribution in [0.2, 0.25) is 0 Å². The minimum Gasteiger partial charge on any atom is -0.362 e. The zero-order chi connectivity index (χ0) is 14.9. The number of amides is 1. The quantitative estimate of drug-likeness (QED) is 0.587. The number of hydrogen-bond acceptors (Lipinski definition) is 5. The topological polar surface area (TPSA) is 67.6 Å². The maximum Gasteiger partial charge on any atom is 0.222 e. The molecule has 2 rings (SSSR count). The van der Waals surface area contributed by atoms with Crippen molar-refractivity contribution < 1.29 is 14.1 Å². The largest absolute Gasteiger partial charge is 0.362 e. The van der Waals surface area contributed by atoms with Crippen molar-refractivity contribution in [3.05, 3.63) is 18.7 Å². The van der Waals surface area contributed by atoms with Crippen LogP contribution in [0.5, 0.6) is 0 Å². The lowest BCUT2D eigenvalue weighted by atomic mass is 10.1. The summed E-state index contributed by atoms with van der Waals surface area (Å²) in [7, 11) is 0. The number of imidazole rings is 1. The zero-order valence-electron chi connectivity index (χ0n) is 12.1. The van der Waals surface area contributed by atoms with Gasteiger partial charge in [0.25, 0.3) is 0 Å². The molecule has 2 heterocycles. The zero-order valence-corrected chi connectivity index (χ0v) is 12.9. The number of carbonyl (C=O) groups is 1. The summed E-state index contributed by atoms with van der Waals surface area (Å²) in [6, 6.07) is 0. The summed E-state index contributed by atoms with van der Waals surface area (Å²) < 4.78 is 16.3. The van der Waals surface area contributed by atoms with Crippen molar-refractivity contribution >= 4 is 17.9 Å². The molecular weight excluding hydrogens is 290 g/mol. The SMILES string of the molecule is O=C(CCCCCCn1c[c]nc1)N1CCOC(SO)C1. The molecule has 1 aromatic heterocycles. The van der Waals surface area contributed by atoms with Crippen LogP contribution in [0.25, 0.3) is 0 Å². The van der Waals surface area contributed by atoms with Crippen LogP contribution in [-0.4, -0.2) is 50.0 Å². The lowest BCUT2D eigenvalue weighted by molar-refractivity contribution is -0.136. The Hall–Kier alpha value is -1.05. The standard InChI is InChI=1S/C14H22N3O3S/c18-13(17-9-10-20-14(11-17)21-19)5-3-1-2-4-7-16-8-6-15-12-16/h8,12,14,19H,1-5,7,9-11H2. The average Bonchev–Trinajstić information content (AvgIpc) is 3.04. The number of ether oxygens (including phenoxy) is 1. The molecule has 1 unspecified atom stereocenters. The number of unbranched alkanes of at least 4 members (excludes halogenated alkanes) is 3. The second-order valence-corrected chi connectivity index (χ2v) is 5.89. The van der Waals surface area contributed by atoms with Crippen molar-refractivity contribution in [1.29, 1.82) is 0 Å². The van der Waals surface area contributed by atoms with Gasteiger partial charge in [0.1, 0.15) is 11.6 Å². The predicted octanol–water partition coefficient (Wildman–Crippen LogP) is 2.02. The molecule has 0 saturated carbocycles. The molecule has 1 aliphatic rings. The molecule has 1 aliphatic heterocycles. The summed E-state index contributed by atoms with van der Waals surface area (Å²) in [6.07, 6.45) is 11.2. The van der Waals surface area contributed by atoms with E-state index in [4.69, 9.17) is 9.29 Å². The number of nitrogens with zero attached hydrogens (tertiary/aromatic N) is 3. The first-order chi connectivity index (χ1) is 10.3. The number of aryl methyl sites for hydroxylation is 1. The summed E-state index contributed by atoms with van der Waals surface area (Å²) >= 11 is 0.674. The van der Waals surface area contributed by atoms with Crippen molar-refractivity contribution in [2.75, 3.05) is 19.7 Å². The molecule has 1 N–H and O–H groups in total. The van der Waals surface area contributed by atoms with Crippen molar-refractivity contribution in [2.45, 2.75) is 44.1 Å². The molecule has 1 amide bonds. The van der Waals surface area contributed by atoms with Gasteiger partial charge in [-0.3, -0.25) is 4.79 Å². The second kappa shape index (κ2) is 9.07. The van der Waals surface area contributed by atoms with Crippen LogP contribution < -0.4 is 0 Å². The number of carbonyl (C=O) groups excluding carboxylic acids is 1. The van der Waals surface area contributed by atoms with Gasteiger partial charge >= 0.3 is 0 Å². The Morgan fingerprint density at radius 3 is 3.05 bits per heavy atom. The molecule has 0 aliphatic carbocycles. The first-order valence-corrected chi connectivity index (χ1v) is 8.20. The van der Waals surface area contributed by atoms with Gasteiger partial charge in [0.15, 0.2) is 0 Å². The number of rotatable bonds is 8. The highest BCUT2D eigenvalue weighted by Gasteiger charge is 2.23. The van der Waals surface area contributed by atoms with E-state index in [9.17, 15) is 4.79 Å². The number of aromatic nitrogens is 2. The van der Waals surface area contributed by atoms with Gasteiger partial charge in [0.05, 0.1) is 19.5 Å². The molecule has 1 fully saturated rings. The van der Waals surface area contributed by atoms with Crippen LogP contribution in [0.1, 0.15) is 32.1 Å². The molecule has 1 saturated heterocycles. The molecule has 0 spiro atoms. The molecule has 1 aromatic rings. The summed E-state index contributed by atoms with van der Waals surface area (Å²) in [5.74, 6) is 0.168. The van der Waals surface area contributed by atoms with Gasteiger partial charge in [-0.15, -0.1) is 0 Å². The van der Waals surface area contributed by atoms with E-state index in [1.54, 1.807) is 11.2 Å². The Kier molecular flexibility index (Phi) is 7.05. The first kappa shape index (κ1) is 16.3. The van der Waals surface area contributed by atoms with Gasteiger partial charge in [0, 0.05) is 37.7 Å². The van der Waals surface area contributed by atoms with Crippen LogP contribution in [0, 0.1) is 6.20 Å². The molecule has 0 aromatic carbocycles. The molecule has 7 heteroatoms. The summed E-state index contributed by atoms with van der Waals surface area (Å²) in [6.45, 7) is 2.58. The molecule has 117 valence electrons. The fourth-order valence-corrected chi connectivity index (χ4v) is 2.77. The van der Waals surface area contributed by atoms with Crippen molar-refractivity contribution in [3.8, 4) is 0 Å². The lowest BCUT2D eigenvalue weighted by Crippen LogP contribution is -2.44. The van der Waals surface area contributed by atoms with Gasteiger partial charge in [-0.1, -0.05) is 12.8 Å². The maximum absolute atomic E-state index is 12.0. The maximum atomic E-state index is 12.0. The van der Waals surface area contributed by atoms with Gasteiger partial charge < -0.3 is 18.8 Å².